The summed E-state index contributed by atoms with van der Waals surface area (Å²) in [6.07, 6.45) is 5.21. The van der Waals surface area contributed by atoms with Gasteiger partial charge in [0.1, 0.15) is 17.8 Å². The number of anilines is 1. The summed E-state index contributed by atoms with van der Waals surface area (Å²) in [5, 5.41) is 10.7. The number of H-pyrrole nitrogens is 1. The number of carbonyl (C=O) groups is 1. The normalized spacial score (nSPS) is 23.5. The van der Waals surface area contributed by atoms with Crippen LogP contribution in [0.25, 0.3) is 11.0 Å². The molecule has 0 aromatic carbocycles. The average Bonchev–Trinajstić information content (AvgIpc) is 3.12. The van der Waals surface area contributed by atoms with Crippen molar-refractivity contribution in [3.05, 3.63) is 29.7 Å². The van der Waals surface area contributed by atoms with Crippen LogP contribution >= 0.6 is 24.2 Å². The molecule has 0 saturated carbocycles. The van der Waals surface area contributed by atoms with Crippen LogP contribution in [0.5, 0.6) is 0 Å². The Morgan fingerprint density at radius 3 is 3.04 bits per heavy atom. The zero-order valence-electron chi connectivity index (χ0n) is 14.0. The van der Waals surface area contributed by atoms with Gasteiger partial charge in [-0.25, -0.2) is 9.97 Å². The van der Waals surface area contributed by atoms with Crippen molar-refractivity contribution in [2.24, 2.45) is 5.73 Å². The molecular weight excluding hydrogens is 376 g/mol. The van der Waals surface area contributed by atoms with Gasteiger partial charge in [0, 0.05) is 43.8 Å². The largest absolute Gasteiger partial charge is 0.391 e. The first-order valence-electron chi connectivity index (χ1n) is 8.26. The number of aliphatic hydroxyl groups is 1. The Balaban J connectivity index is 0.00000196. The number of aromatic nitrogens is 3. The number of amides is 1. The molecule has 8 nitrogen and oxygen atoms in total. The van der Waals surface area contributed by atoms with E-state index in [1.165, 1.54) is 6.33 Å². The van der Waals surface area contributed by atoms with Gasteiger partial charge in [0.15, 0.2) is 0 Å². The van der Waals surface area contributed by atoms with Crippen LogP contribution in [0.2, 0.25) is 0 Å². The van der Waals surface area contributed by atoms with Gasteiger partial charge in [0.2, 0.25) is 0 Å². The van der Waals surface area contributed by atoms with Crippen LogP contribution in [-0.2, 0) is 4.79 Å². The first-order chi connectivity index (χ1) is 12.1. The lowest BCUT2D eigenvalue weighted by Crippen LogP contribution is -2.53. The van der Waals surface area contributed by atoms with Crippen molar-refractivity contribution >= 4 is 46.9 Å². The SMILES string of the molecule is Cl.N[C@H]1CN(C(=O)C2=CN(c3ncnc4[nH]ccc34)CCS2)CC[C@@H]1O. The summed E-state index contributed by atoms with van der Waals surface area (Å²) >= 11 is 1.55. The van der Waals surface area contributed by atoms with Crippen LogP contribution in [0.3, 0.4) is 0 Å². The molecule has 1 fully saturated rings. The number of nitrogens with one attached hydrogen (secondary N) is 1. The maximum atomic E-state index is 12.8. The molecule has 4 rings (SSSR count). The fourth-order valence-corrected chi connectivity index (χ4v) is 4.14. The molecule has 2 aromatic heterocycles. The minimum absolute atomic E-state index is 0. The number of nitrogens with zero attached hydrogens (tertiary/aromatic N) is 4. The smallest absolute Gasteiger partial charge is 0.261 e. The number of piperidine rings is 1. The first kappa shape index (κ1) is 19.0. The average molecular weight is 397 g/mol. The van der Waals surface area contributed by atoms with E-state index in [0.29, 0.717) is 24.4 Å². The highest BCUT2D eigenvalue weighted by Gasteiger charge is 2.30. The van der Waals surface area contributed by atoms with E-state index in [-0.39, 0.29) is 24.4 Å². The van der Waals surface area contributed by atoms with Crippen molar-refractivity contribution in [1.29, 1.82) is 0 Å². The van der Waals surface area contributed by atoms with Gasteiger partial charge in [0.25, 0.3) is 5.91 Å². The predicted octanol–water partition coefficient (Wildman–Crippen LogP) is 0.695. The monoisotopic (exact) mass is 396 g/mol. The molecule has 0 radical (unpaired) electrons. The number of likely N-dealkylation sites (tertiary alicyclic amines) is 1. The lowest BCUT2D eigenvalue weighted by atomic mass is 10.0. The summed E-state index contributed by atoms with van der Waals surface area (Å²) in [5.41, 5.74) is 6.68. The predicted molar refractivity (Wildman–Crippen MR) is 104 cm³/mol. The Hall–Kier alpha value is -1.81. The quantitative estimate of drug-likeness (QED) is 0.684. The van der Waals surface area contributed by atoms with Crippen molar-refractivity contribution in [2.75, 3.05) is 30.3 Å². The number of hydrogen-bond donors (Lipinski definition) is 3. The van der Waals surface area contributed by atoms with Crippen molar-refractivity contribution in [3.63, 3.8) is 0 Å². The standard InChI is InChI=1S/C16H20N6O2S.ClH/c17-11-7-22(4-2-12(11)23)16(24)13-8-21(5-6-25-13)15-10-1-3-18-14(10)19-9-20-15;/h1,3,8-9,11-12,23H,2,4-7,17H2,(H,18,19,20);1H/t11-,12-;/m0./s1. The fourth-order valence-electron chi connectivity index (χ4n) is 3.18. The van der Waals surface area contributed by atoms with Gasteiger partial charge in [-0.05, 0) is 12.5 Å². The molecular formula is C16H21ClN6O2S. The van der Waals surface area contributed by atoms with Crippen molar-refractivity contribution in [2.45, 2.75) is 18.6 Å². The van der Waals surface area contributed by atoms with Gasteiger partial charge in [-0.1, -0.05) is 0 Å². The third-order valence-corrected chi connectivity index (χ3v) is 5.56. The van der Waals surface area contributed by atoms with Gasteiger partial charge < -0.3 is 25.6 Å². The number of rotatable bonds is 2. The molecule has 2 aliphatic rings. The van der Waals surface area contributed by atoms with Gasteiger partial charge in [0.05, 0.1) is 16.4 Å². The number of aromatic amines is 1. The molecule has 1 amide bonds. The number of nitrogens with two attached hydrogens (primary N) is 1. The minimum Gasteiger partial charge on any atom is -0.391 e. The summed E-state index contributed by atoms with van der Waals surface area (Å²) in [5.74, 6) is 1.56. The summed E-state index contributed by atoms with van der Waals surface area (Å²) in [6.45, 7) is 1.69. The highest BCUT2D eigenvalue weighted by atomic mass is 35.5. The van der Waals surface area contributed by atoms with E-state index in [1.807, 2.05) is 23.4 Å². The fraction of sp³-hybridized carbons (Fsp3) is 0.438. The lowest BCUT2D eigenvalue weighted by molar-refractivity contribution is -0.128. The molecule has 0 unspecified atom stereocenters. The number of fused-ring (bicyclic) bond motifs is 1. The molecule has 140 valence electrons. The molecule has 1 saturated heterocycles. The van der Waals surface area contributed by atoms with Crippen LogP contribution in [0.1, 0.15) is 6.42 Å². The topological polar surface area (TPSA) is 111 Å². The molecule has 4 N–H and O–H groups in total. The molecule has 0 spiro atoms. The van der Waals surface area contributed by atoms with E-state index in [4.69, 9.17) is 5.73 Å². The highest BCUT2D eigenvalue weighted by molar-refractivity contribution is 8.04. The van der Waals surface area contributed by atoms with Gasteiger partial charge >= 0.3 is 0 Å². The molecule has 2 aliphatic heterocycles. The highest BCUT2D eigenvalue weighted by Crippen LogP contribution is 2.30. The first-order valence-corrected chi connectivity index (χ1v) is 9.24. The van der Waals surface area contributed by atoms with Crippen molar-refractivity contribution in [1.82, 2.24) is 19.9 Å². The molecule has 2 aromatic rings. The molecule has 26 heavy (non-hydrogen) atoms. The molecule has 0 aliphatic carbocycles. The van der Waals surface area contributed by atoms with Crippen molar-refractivity contribution in [3.8, 4) is 0 Å². The molecule has 2 atom stereocenters. The number of carbonyl (C=O) groups excluding carboxylic acids is 1. The maximum Gasteiger partial charge on any atom is 0.261 e. The van der Waals surface area contributed by atoms with Crippen LogP contribution < -0.4 is 10.6 Å². The Morgan fingerprint density at radius 1 is 1.38 bits per heavy atom. The zero-order chi connectivity index (χ0) is 17.4. The number of thioether (sulfide) groups is 1. The molecule has 10 heteroatoms. The molecule has 4 heterocycles. The van der Waals surface area contributed by atoms with Gasteiger partial charge in [-0.3, -0.25) is 4.79 Å². The van der Waals surface area contributed by atoms with E-state index in [1.54, 1.807) is 16.7 Å². The summed E-state index contributed by atoms with van der Waals surface area (Å²) in [7, 11) is 0. The zero-order valence-corrected chi connectivity index (χ0v) is 15.7. The van der Waals surface area contributed by atoms with Crippen LogP contribution in [0.4, 0.5) is 5.82 Å². The van der Waals surface area contributed by atoms with Gasteiger partial charge in [-0.2, -0.15) is 0 Å². The second-order valence-electron chi connectivity index (χ2n) is 6.24. The van der Waals surface area contributed by atoms with E-state index in [9.17, 15) is 9.90 Å². The van der Waals surface area contributed by atoms with E-state index < -0.39 is 6.10 Å². The summed E-state index contributed by atoms with van der Waals surface area (Å²) < 4.78 is 0. The Morgan fingerprint density at radius 2 is 2.23 bits per heavy atom. The number of hydrogen-bond acceptors (Lipinski definition) is 7. The number of halogens is 1. The third kappa shape index (κ3) is 3.52. The van der Waals surface area contributed by atoms with Crippen molar-refractivity contribution < 1.29 is 9.90 Å². The van der Waals surface area contributed by atoms with E-state index in [2.05, 4.69) is 15.0 Å². The summed E-state index contributed by atoms with van der Waals surface area (Å²) in [4.78, 5) is 28.9. The lowest BCUT2D eigenvalue weighted by Gasteiger charge is -2.35. The van der Waals surface area contributed by atoms with Crippen LogP contribution in [0.15, 0.2) is 29.7 Å². The summed E-state index contributed by atoms with van der Waals surface area (Å²) in [6, 6.07) is 1.55. The third-order valence-electron chi connectivity index (χ3n) is 4.59. The second-order valence-corrected chi connectivity index (χ2v) is 7.38. The maximum absolute atomic E-state index is 12.8. The van der Waals surface area contributed by atoms with E-state index >= 15 is 0 Å². The minimum atomic E-state index is -0.531. The Labute approximate surface area is 161 Å². The van der Waals surface area contributed by atoms with Gasteiger partial charge in [-0.15, -0.1) is 24.2 Å². The van der Waals surface area contributed by atoms with Crippen LogP contribution in [-0.4, -0.2) is 68.4 Å². The van der Waals surface area contributed by atoms with Crippen LogP contribution in [0, 0.1) is 0 Å². The second kappa shape index (κ2) is 7.83. The number of aliphatic hydroxyl groups excluding tert-OH is 1. The Kier molecular flexibility index (Phi) is 5.71. The molecule has 0 bridgehead atoms. The Bertz CT molecular complexity index is 828. The van der Waals surface area contributed by atoms with E-state index in [0.717, 1.165) is 29.1 Å².